The highest BCUT2D eigenvalue weighted by atomic mass is 35.5. The highest BCUT2D eigenvalue weighted by molar-refractivity contribution is 7.26. The third-order valence-corrected chi connectivity index (χ3v) is 4.61. The third-order valence-electron chi connectivity index (χ3n) is 3.02. The summed E-state index contributed by atoms with van der Waals surface area (Å²) in [6.45, 7) is 2.11. The van der Waals surface area contributed by atoms with Gasteiger partial charge in [-0.1, -0.05) is 24.6 Å². The first-order valence-electron chi connectivity index (χ1n) is 5.53. The van der Waals surface area contributed by atoms with Crippen LogP contribution in [0.25, 0.3) is 20.2 Å². The van der Waals surface area contributed by atoms with E-state index in [1.807, 2.05) is 18.2 Å². The van der Waals surface area contributed by atoms with Gasteiger partial charge in [-0.25, -0.2) is 0 Å². The van der Waals surface area contributed by atoms with Gasteiger partial charge in [0.05, 0.1) is 0 Å². The van der Waals surface area contributed by atoms with Gasteiger partial charge in [0.1, 0.15) is 5.75 Å². The highest BCUT2D eigenvalue weighted by Crippen LogP contribution is 2.39. The highest BCUT2D eigenvalue weighted by Gasteiger charge is 2.10. The Hall–Kier alpha value is -1.25. The molecule has 0 aliphatic rings. The lowest BCUT2D eigenvalue weighted by atomic mass is 10.1. The number of thiophene rings is 1. The first-order chi connectivity index (χ1) is 8.20. The Balaban J connectivity index is 2.50. The van der Waals surface area contributed by atoms with Crippen LogP contribution in [0.3, 0.4) is 0 Å². The minimum absolute atomic E-state index is 0.313. The minimum atomic E-state index is 0.313. The summed E-state index contributed by atoms with van der Waals surface area (Å²) < 4.78 is 2.34. The summed E-state index contributed by atoms with van der Waals surface area (Å²) in [5.74, 6) is 0.313. The van der Waals surface area contributed by atoms with Crippen LogP contribution in [-0.2, 0) is 6.42 Å². The molecule has 2 aromatic carbocycles. The molecule has 3 aromatic rings. The standard InChI is InChI=1S/C14H11ClOS/c1-2-9-12(15)6-5-11-10-4-3-8(16)7-13(10)17-14(9)11/h3-7,16H,2H2,1H3. The molecule has 0 bridgehead atoms. The average Bonchev–Trinajstić information content (AvgIpc) is 2.66. The van der Waals surface area contributed by atoms with Gasteiger partial charge in [0, 0.05) is 25.2 Å². The number of aromatic hydroxyl groups is 1. The molecule has 0 atom stereocenters. The van der Waals surface area contributed by atoms with Crippen molar-refractivity contribution in [3.8, 4) is 5.75 Å². The molecule has 1 N–H and O–H groups in total. The molecule has 0 saturated carbocycles. The van der Waals surface area contributed by atoms with Crippen molar-refractivity contribution < 1.29 is 5.11 Å². The second-order valence-electron chi connectivity index (χ2n) is 4.04. The third kappa shape index (κ3) is 1.60. The van der Waals surface area contributed by atoms with Crippen molar-refractivity contribution in [1.29, 1.82) is 0 Å². The van der Waals surface area contributed by atoms with Crippen LogP contribution in [0.4, 0.5) is 0 Å². The zero-order valence-electron chi connectivity index (χ0n) is 9.33. The van der Waals surface area contributed by atoms with Crippen LogP contribution in [-0.4, -0.2) is 5.11 Å². The summed E-state index contributed by atoms with van der Waals surface area (Å²) in [6.07, 6.45) is 0.926. The molecule has 1 heterocycles. The summed E-state index contributed by atoms with van der Waals surface area (Å²) in [4.78, 5) is 0. The lowest BCUT2D eigenvalue weighted by molar-refractivity contribution is 0.476. The van der Waals surface area contributed by atoms with E-state index in [0.29, 0.717) is 5.75 Å². The second-order valence-corrected chi connectivity index (χ2v) is 5.50. The number of halogens is 1. The molecule has 3 rings (SSSR count). The number of rotatable bonds is 1. The fourth-order valence-electron chi connectivity index (χ4n) is 2.19. The monoisotopic (exact) mass is 262 g/mol. The van der Waals surface area contributed by atoms with E-state index < -0.39 is 0 Å². The van der Waals surface area contributed by atoms with Gasteiger partial charge < -0.3 is 5.11 Å². The molecule has 0 aliphatic heterocycles. The van der Waals surface area contributed by atoms with Crippen molar-refractivity contribution in [2.24, 2.45) is 0 Å². The lowest BCUT2D eigenvalue weighted by Crippen LogP contribution is -1.81. The summed E-state index contributed by atoms with van der Waals surface area (Å²) in [5, 5.41) is 12.8. The normalized spacial score (nSPS) is 11.4. The van der Waals surface area contributed by atoms with E-state index in [1.165, 1.54) is 21.0 Å². The molecule has 17 heavy (non-hydrogen) atoms. The van der Waals surface area contributed by atoms with E-state index in [4.69, 9.17) is 11.6 Å². The van der Waals surface area contributed by atoms with Crippen LogP contribution in [0.1, 0.15) is 12.5 Å². The smallest absolute Gasteiger partial charge is 0.117 e. The molecule has 3 heteroatoms. The molecule has 1 aromatic heterocycles. The Labute approximate surface area is 108 Å². The van der Waals surface area contributed by atoms with E-state index in [-0.39, 0.29) is 0 Å². The first kappa shape index (κ1) is 10.9. The number of phenols is 1. The van der Waals surface area contributed by atoms with Gasteiger partial charge in [-0.15, -0.1) is 11.3 Å². The number of hydrogen-bond donors (Lipinski definition) is 1. The molecule has 0 unspecified atom stereocenters. The predicted octanol–water partition coefficient (Wildman–Crippen LogP) is 4.98. The average molecular weight is 263 g/mol. The van der Waals surface area contributed by atoms with Crippen molar-refractivity contribution >= 4 is 43.1 Å². The zero-order chi connectivity index (χ0) is 12.0. The number of fused-ring (bicyclic) bond motifs is 3. The van der Waals surface area contributed by atoms with Crippen LogP contribution in [0, 0.1) is 0 Å². The first-order valence-corrected chi connectivity index (χ1v) is 6.72. The fourth-order valence-corrected chi connectivity index (χ4v) is 3.89. The summed E-state index contributed by atoms with van der Waals surface area (Å²) >= 11 is 7.92. The largest absolute Gasteiger partial charge is 0.508 e. The Kier molecular flexibility index (Phi) is 2.49. The Morgan fingerprint density at radius 3 is 2.71 bits per heavy atom. The topological polar surface area (TPSA) is 20.2 Å². The lowest BCUT2D eigenvalue weighted by Gasteiger charge is -2.01. The molecule has 0 spiro atoms. The predicted molar refractivity (Wildman–Crippen MR) is 75.4 cm³/mol. The van der Waals surface area contributed by atoms with Gasteiger partial charge in [-0.2, -0.15) is 0 Å². The molecule has 0 aliphatic carbocycles. The summed E-state index contributed by atoms with van der Waals surface area (Å²) in [6, 6.07) is 9.54. The van der Waals surface area contributed by atoms with Crippen molar-refractivity contribution in [1.82, 2.24) is 0 Å². The van der Waals surface area contributed by atoms with Gasteiger partial charge in [0.2, 0.25) is 0 Å². The molecule has 86 valence electrons. The van der Waals surface area contributed by atoms with Gasteiger partial charge in [-0.05, 0) is 36.2 Å². The van der Waals surface area contributed by atoms with Crippen LogP contribution in [0.2, 0.25) is 5.02 Å². The second kappa shape index (κ2) is 3.90. The van der Waals surface area contributed by atoms with E-state index in [1.54, 1.807) is 17.4 Å². The molecular weight excluding hydrogens is 252 g/mol. The number of benzene rings is 2. The number of phenolic OH excluding ortho intramolecular Hbond substituents is 1. The molecule has 0 radical (unpaired) electrons. The van der Waals surface area contributed by atoms with Gasteiger partial charge in [-0.3, -0.25) is 0 Å². The van der Waals surface area contributed by atoms with Gasteiger partial charge >= 0.3 is 0 Å². The van der Waals surface area contributed by atoms with E-state index in [0.717, 1.165) is 16.1 Å². The molecule has 0 fully saturated rings. The van der Waals surface area contributed by atoms with Gasteiger partial charge in [0.25, 0.3) is 0 Å². The fraction of sp³-hybridized carbons (Fsp3) is 0.143. The van der Waals surface area contributed by atoms with E-state index in [2.05, 4.69) is 13.0 Å². The maximum atomic E-state index is 9.52. The molecular formula is C14H11ClOS. The van der Waals surface area contributed by atoms with E-state index in [9.17, 15) is 5.11 Å². The van der Waals surface area contributed by atoms with Crippen molar-refractivity contribution in [2.75, 3.05) is 0 Å². The van der Waals surface area contributed by atoms with Gasteiger partial charge in [0.15, 0.2) is 0 Å². The van der Waals surface area contributed by atoms with Crippen molar-refractivity contribution in [3.63, 3.8) is 0 Å². The van der Waals surface area contributed by atoms with Crippen LogP contribution in [0.5, 0.6) is 5.75 Å². The SMILES string of the molecule is CCc1c(Cl)ccc2c1sc1cc(O)ccc12. The van der Waals surface area contributed by atoms with Crippen molar-refractivity contribution in [2.45, 2.75) is 13.3 Å². The maximum absolute atomic E-state index is 9.52. The Morgan fingerprint density at radius 1 is 1.18 bits per heavy atom. The minimum Gasteiger partial charge on any atom is -0.508 e. The number of hydrogen-bond acceptors (Lipinski definition) is 2. The molecule has 0 saturated heterocycles. The van der Waals surface area contributed by atoms with E-state index >= 15 is 0 Å². The summed E-state index contributed by atoms with van der Waals surface area (Å²) in [5.41, 5.74) is 1.20. The van der Waals surface area contributed by atoms with Crippen LogP contribution < -0.4 is 0 Å². The van der Waals surface area contributed by atoms with Crippen LogP contribution >= 0.6 is 22.9 Å². The molecule has 0 amide bonds. The van der Waals surface area contributed by atoms with Crippen LogP contribution in [0.15, 0.2) is 30.3 Å². The molecule has 1 nitrogen and oxygen atoms in total. The summed E-state index contributed by atoms with van der Waals surface area (Å²) in [7, 11) is 0. The Morgan fingerprint density at radius 2 is 1.94 bits per heavy atom. The quantitative estimate of drug-likeness (QED) is 0.656. The Bertz CT molecular complexity index is 715. The maximum Gasteiger partial charge on any atom is 0.117 e. The zero-order valence-corrected chi connectivity index (χ0v) is 10.9. The number of aryl methyl sites for hydroxylation is 1. The van der Waals surface area contributed by atoms with Crippen molar-refractivity contribution in [3.05, 3.63) is 40.9 Å².